The van der Waals surface area contributed by atoms with Gasteiger partial charge in [0.1, 0.15) is 18.1 Å². The lowest BCUT2D eigenvalue weighted by Gasteiger charge is -1.97. The summed E-state index contributed by atoms with van der Waals surface area (Å²) in [5.74, 6) is -1.47. The number of carboxylic acids is 1. The lowest BCUT2D eigenvalue weighted by atomic mass is 10.3. The first-order valence-electron chi connectivity index (χ1n) is 3.18. The molecule has 64 valence electrons. The third-order valence-corrected chi connectivity index (χ3v) is 1.20. The predicted molar refractivity (Wildman–Crippen MR) is 40.0 cm³/mol. The van der Waals surface area contributed by atoms with Gasteiger partial charge in [0.05, 0.1) is 5.69 Å². The molecule has 1 heterocycles. The van der Waals surface area contributed by atoms with E-state index in [-0.39, 0.29) is 17.2 Å². The smallest absolute Gasteiger partial charge is 0.341 e. The van der Waals surface area contributed by atoms with Crippen LogP contribution in [0.15, 0.2) is 16.9 Å². The molecular formula is C7H7NO4. The minimum atomic E-state index is -1.13. The van der Waals surface area contributed by atoms with E-state index in [2.05, 4.69) is 9.73 Å². The Morgan fingerprint density at radius 1 is 1.50 bits per heavy atom. The van der Waals surface area contributed by atoms with E-state index < -0.39 is 5.97 Å². The first-order valence-corrected chi connectivity index (χ1v) is 3.18. The predicted octanol–water partition coefficient (Wildman–Crippen LogP) is 0.936. The van der Waals surface area contributed by atoms with Crippen molar-refractivity contribution >= 4 is 17.6 Å². The van der Waals surface area contributed by atoms with Crippen molar-refractivity contribution in [3.8, 4) is 0 Å². The Hall–Kier alpha value is -1.78. The van der Waals surface area contributed by atoms with Crippen LogP contribution < -0.4 is 5.32 Å². The standard InChI is InChI=1S/C7H7NO4/c1-4(9)8-6-3-12-2-5(6)7(10)11/h2-3H,1H3,(H,8,9)(H,10,11). The molecule has 0 saturated carbocycles. The number of carboxylic acid groups (broad SMARTS) is 1. The molecule has 1 aromatic heterocycles. The molecule has 0 aliphatic rings. The minimum absolute atomic E-state index is 0.0507. The average Bonchev–Trinajstić information content (AvgIpc) is 2.33. The summed E-state index contributed by atoms with van der Waals surface area (Å²) >= 11 is 0. The van der Waals surface area contributed by atoms with Crippen molar-refractivity contribution in [3.05, 3.63) is 18.1 Å². The van der Waals surface area contributed by atoms with Gasteiger partial charge in [-0.1, -0.05) is 0 Å². The van der Waals surface area contributed by atoms with Gasteiger partial charge >= 0.3 is 5.97 Å². The second-order valence-electron chi connectivity index (χ2n) is 2.19. The third kappa shape index (κ3) is 1.63. The molecule has 5 heteroatoms. The molecule has 0 radical (unpaired) electrons. The van der Waals surface area contributed by atoms with Crippen molar-refractivity contribution in [3.63, 3.8) is 0 Å². The van der Waals surface area contributed by atoms with Crippen molar-refractivity contribution in [2.45, 2.75) is 6.92 Å². The van der Waals surface area contributed by atoms with Gasteiger partial charge in [0.25, 0.3) is 0 Å². The topological polar surface area (TPSA) is 79.5 Å². The first kappa shape index (κ1) is 8.32. The fourth-order valence-electron chi connectivity index (χ4n) is 0.749. The molecule has 1 amide bonds. The highest BCUT2D eigenvalue weighted by Crippen LogP contribution is 2.15. The van der Waals surface area contributed by atoms with Gasteiger partial charge in [0, 0.05) is 6.92 Å². The number of carbonyl (C=O) groups excluding carboxylic acids is 1. The third-order valence-electron chi connectivity index (χ3n) is 1.20. The largest absolute Gasteiger partial charge is 0.477 e. The molecule has 1 rings (SSSR count). The average molecular weight is 169 g/mol. The van der Waals surface area contributed by atoms with E-state index in [1.54, 1.807) is 0 Å². The lowest BCUT2D eigenvalue weighted by Crippen LogP contribution is -2.08. The maximum atomic E-state index is 10.5. The van der Waals surface area contributed by atoms with E-state index in [4.69, 9.17) is 5.11 Å². The zero-order chi connectivity index (χ0) is 9.14. The van der Waals surface area contributed by atoms with Gasteiger partial charge in [0.2, 0.25) is 5.91 Å². The quantitative estimate of drug-likeness (QED) is 0.690. The second-order valence-corrected chi connectivity index (χ2v) is 2.19. The fraction of sp³-hybridized carbons (Fsp3) is 0.143. The number of hydrogen-bond donors (Lipinski definition) is 2. The molecule has 5 nitrogen and oxygen atoms in total. The van der Waals surface area contributed by atoms with Crippen LogP contribution in [0, 0.1) is 0 Å². The molecule has 0 atom stereocenters. The van der Waals surface area contributed by atoms with Crippen LogP contribution in [0.3, 0.4) is 0 Å². The summed E-state index contributed by atoms with van der Waals surface area (Å²) in [5, 5.41) is 10.9. The van der Waals surface area contributed by atoms with Gasteiger partial charge < -0.3 is 14.8 Å². The molecule has 12 heavy (non-hydrogen) atoms. The summed E-state index contributed by atoms with van der Waals surface area (Å²) in [6, 6.07) is 0. The van der Waals surface area contributed by atoms with Gasteiger partial charge in [-0.15, -0.1) is 0 Å². The molecular weight excluding hydrogens is 162 g/mol. The Balaban J connectivity index is 2.91. The Bertz CT molecular complexity index is 315. The SMILES string of the molecule is CC(=O)Nc1cocc1C(=O)O. The maximum absolute atomic E-state index is 10.5. The fourth-order valence-corrected chi connectivity index (χ4v) is 0.749. The molecule has 0 bridgehead atoms. The minimum Gasteiger partial charge on any atom is -0.477 e. The number of rotatable bonds is 2. The number of amides is 1. The zero-order valence-electron chi connectivity index (χ0n) is 6.33. The summed E-state index contributed by atoms with van der Waals surface area (Å²) in [5.41, 5.74) is 0.125. The Morgan fingerprint density at radius 3 is 2.67 bits per heavy atom. The molecule has 2 N–H and O–H groups in total. The highest BCUT2D eigenvalue weighted by atomic mass is 16.4. The van der Waals surface area contributed by atoms with E-state index in [0.29, 0.717) is 0 Å². The van der Waals surface area contributed by atoms with Gasteiger partial charge in [0.15, 0.2) is 0 Å². The number of aromatic carboxylic acids is 1. The van der Waals surface area contributed by atoms with Crippen LogP contribution in [0.5, 0.6) is 0 Å². The number of carbonyl (C=O) groups is 2. The second kappa shape index (κ2) is 3.08. The normalized spacial score (nSPS) is 9.42. The monoisotopic (exact) mass is 169 g/mol. The number of hydrogen-bond acceptors (Lipinski definition) is 3. The molecule has 0 fully saturated rings. The first-order chi connectivity index (χ1) is 5.61. The summed E-state index contributed by atoms with van der Waals surface area (Å²) in [6.45, 7) is 1.29. The molecule has 0 aliphatic carbocycles. The van der Waals surface area contributed by atoms with Crippen molar-refractivity contribution in [1.82, 2.24) is 0 Å². The van der Waals surface area contributed by atoms with Crippen LogP contribution in [0.4, 0.5) is 5.69 Å². The van der Waals surface area contributed by atoms with E-state index in [0.717, 1.165) is 6.26 Å². The Morgan fingerprint density at radius 2 is 2.17 bits per heavy atom. The summed E-state index contributed by atoms with van der Waals surface area (Å²) < 4.78 is 4.61. The number of nitrogens with one attached hydrogen (secondary N) is 1. The van der Waals surface area contributed by atoms with Gasteiger partial charge in [-0.25, -0.2) is 4.79 Å². The summed E-state index contributed by atoms with van der Waals surface area (Å²) in [4.78, 5) is 21.0. The molecule has 0 aromatic carbocycles. The van der Waals surface area contributed by atoms with Crippen LogP contribution in [0.2, 0.25) is 0 Å². The van der Waals surface area contributed by atoms with Gasteiger partial charge in [-0.2, -0.15) is 0 Å². The van der Waals surface area contributed by atoms with E-state index in [1.165, 1.54) is 13.2 Å². The molecule has 0 spiro atoms. The van der Waals surface area contributed by atoms with E-state index in [1.807, 2.05) is 0 Å². The molecule has 0 aliphatic heterocycles. The Labute approximate surface area is 68.0 Å². The number of furan rings is 1. The van der Waals surface area contributed by atoms with Crippen LogP contribution in [0.25, 0.3) is 0 Å². The van der Waals surface area contributed by atoms with Crippen molar-refractivity contribution in [2.24, 2.45) is 0 Å². The highest BCUT2D eigenvalue weighted by molar-refractivity contribution is 5.99. The lowest BCUT2D eigenvalue weighted by molar-refractivity contribution is -0.114. The van der Waals surface area contributed by atoms with E-state index in [9.17, 15) is 9.59 Å². The number of anilines is 1. The summed E-state index contributed by atoms with van der Waals surface area (Å²) in [6.07, 6.45) is 2.23. The summed E-state index contributed by atoms with van der Waals surface area (Å²) in [7, 11) is 0. The van der Waals surface area contributed by atoms with Gasteiger partial charge in [-0.05, 0) is 0 Å². The zero-order valence-corrected chi connectivity index (χ0v) is 6.33. The highest BCUT2D eigenvalue weighted by Gasteiger charge is 2.12. The van der Waals surface area contributed by atoms with Crippen molar-refractivity contribution in [2.75, 3.05) is 5.32 Å². The van der Waals surface area contributed by atoms with Gasteiger partial charge in [-0.3, -0.25) is 4.79 Å². The Kier molecular flexibility index (Phi) is 2.14. The van der Waals surface area contributed by atoms with Crippen LogP contribution >= 0.6 is 0 Å². The van der Waals surface area contributed by atoms with Crippen LogP contribution in [-0.2, 0) is 4.79 Å². The van der Waals surface area contributed by atoms with Crippen molar-refractivity contribution in [1.29, 1.82) is 0 Å². The molecule has 0 saturated heterocycles. The van der Waals surface area contributed by atoms with Crippen LogP contribution in [-0.4, -0.2) is 17.0 Å². The molecule has 1 aromatic rings. The van der Waals surface area contributed by atoms with Crippen molar-refractivity contribution < 1.29 is 19.1 Å². The van der Waals surface area contributed by atoms with Crippen LogP contribution in [0.1, 0.15) is 17.3 Å². The molecule has 0 unspecified atom stereocenters. The maximum Gasteiger partial charge on any atom is 0.341 e. The van der Waals surface area contributed by atoms with E-state index >= 15 is 0 Å².